The number of ether oxygens (including phenoxy) is 1. The van der Waals surface area contributed by atoms with Gasteiger partial charge in [0.2, 0.25) is 0 Å². The molecule has 0 bridgehead atoms. The first-order chi connectivity index (χ1) is 9.60. The highest BCUT2D eigenvalue weighted by atomic mass is 16.6. The van der Waals surface area contributed by atoms with Gasteiger partial charge in [0.25, 0.3) is 5.69 Å². The smallest absolute Gasteiger partial charge is 0.410 e. The number of nitrogens with zero attached hydrogens (tertiary/aromatic N) is 3. The molecule has 0 aromatic heterocycles. The van der Waals surface area contributed by atoms with E-state index in [1.54, 1.807) is 4.90 Å². The minimum atomic E-state index is -0.491. The van der Waals surface area contributed by atoms with Gasteiger partial charge in [0.05, 0.1) is 4.92 Å². The molecule has 1 aromatic rings. The molecule has 0 N–H and O–H groups in total. The summed E-state index contributed by atoms with van der Waals surface area (Å²) in [4.78, 5) is 25.9. The maximum atomic E-state index is 11.9. The maximum Gasteiger partial charge on any atom is 0.415 e. The SMILES string of the molecule is CCN1CCN(C(=O)Oc2ccc([N+](=O)[O-])cc2)CC1. The Balaban J connectivity index is 1.90. The van der Waals surface area contributed by atoms with E-state index in [-0.39, 0.29) is 5.69 Å². The largest absolute Gasteiger partial charge is 0.415 e. The van der Waals surface area contributed by atoms with Crippen molar-refractivity contribution in [2.45, 2.75) is 6.92 Å². The molecule has 7 nitrogen and oxygen atoms in total. The number of likely N-dealkylation sites (N-methyl/N-ethyl adjacent to an activating group) is 1. The summed E-state index contributed by atoms with van der Waals surface area (Å²) < 4.78 is 5.20. The Bertz CT molecular complexity index is 481. The van der Waals surface area contributed by atoms with Crippen LogP contribution in [0.15, 0.2) is 24.3 Å². The molecular weight excluding hydrogens is 262 g/mol. The number of non-ortho nitro benzene ring substituents is 1. The van der Waals surface area contributed by atoms with Gasteiger partial charge >= 0.3 is 6.09 Å². The molecule has 1 heterocycles. The Morgan fingerprint density at radius 1 is 1.25 bits per heavy atom. The van der Waals surface area contributed by atoms with Crippen molar-refractivity contribution < 1.29 is 14.5 Å². The van der Waals surface area contributed by atoms with Crippen molar-refractivity contribution in [3.05, 3.63) is 34.4 Å². The molecule has 1 aromatic carbocycles. The second-order valence-electron chi connectivity index (χ2n) is 4.54. The first-order valence-electron chi connectivity index (χ1n) is 6.53. The van der Waals surface area contributed by atoms with E-state index in [9.17, 15) is 14.9 Å². The molecule has 0 atom stereocenters. The van der Waals surface area contributed by atoms with Gasteiger partial charge in [-0.25, -0.2) is 4.79 Å². The van der Waals surface area contributed by atoms with Gasteiger partial charge < -0.3 is 14.5 Å². The number of hydrogen-bond acceptors (Lipinski definition) is 5. The fourth-order valence-electron chi connectivity index (χ4n) is 2.05. The second kappa shape index (κ2) is 6.33. The summed E-state index contributed by atoms with van der Waals surface area (Å²) in [7, 11) is 0. The Hall–Kier alpha value is -2.15. The Labute approximate surface area is 116 Å². The zero-order chi connectivity index (χ0) is 14.5. The van der Waals surface area contributed by atoms with Crippen LogP contribution in [0.2, 0.25) is 0 Å². The number of amides is 1. The van der Waals surface area contributed by atoms with Gasteiger partial charge in [0, 0.05) is 38.3 Å². The van der Waals surface area contributed by atoms with Crippen LogP contribution in [0.4, 0.5) is 10.5 Å². The van der Waals surface area contributed by atoms with E-state index < -0.39 is 11.0 Å². The topological polar surface area (TPSA) is 75.9 Å². The zero-order valence-corrected chi connectivity index (χ0v) is 11.3. The molecule has 108 valence electrons. The number of nitro groups is 1. The third-order valence-electron chi connectivity index (χ3n) is 3.33. The molecule has 20 heavy (non-hydrogen) atoms. The van der Waals surface area contributed by atoms with Crippen molar-refractivity contribution >= 4 is 11.8 Å². The molecule has 7 heteroatoms. The van der Waals surface area contributed by atoms with Gasteiger partial charge in [-0.1, -0.05) is 6.92 Å². The van der Waals surface area contributed by atoms with Crippen molar-refractivity contribution in [1.82, 2.24) is 9.80 Å². The quantitative estimate of drug-likeness (QED) is 0.622. The summed E-state index contributed by atoms with van der Waals surface area (Å²) in [5, 5.41) is 10.5. The van der Waals surface area contributed by atoms with E-state index in [0.29, 0.717) is 18.8 Å². The third kappa shape index (κ3) is 3.45. The Kier molecular flexibility index (Phi) is 4.52. The van der Waals surface area contributed by atoms with E-state index in [2.05, 4.69) is 11.8 Å². The normalized spacial score (nSPS) is 15.9. The number of carbonyl (C=O) groups excluding carboxylic acids is 1. The standard InChI is InChI=1S/C13H17N3O4/c1-2-14-7-9-15(10-8-14)13(17)20-12-5-3-11(4-6-12)16(18)19/h3-6H,2,7-10H2,1H3. The van der Waals surface area contributed by atoms with Gasteiger partial charge in [-0.2, -0.15) is 0 Å². The number of benzene rings is 1. The minimum absolute atomic E-state index is 0.0265. The van der Waals surface area contributed by atoms with Crippen molar-refractivity contribution in [2.24, 2.45) is 0 Å². The number of piperazine rings is 1. The first kappa shape index (κ1) is 14.3. The molecule has 1 fully saturated rings. The van der Waals surface area contributed by atoms with Crippen molar-refractivity contribution in [3.8, 4) is 5.75 Å². The highest BCUT2D eigenvalue weighted by molar-refractivity contribution is 5.70. The number of carbonyl (C=O) groups is 1. The molecule has 0 saturated carbocycles. The zero-order valence-electron chi connectivity index (χ0n) is 11.3. The minimum Gasteiger partial charge on any atom is -0.410 e. The Morgan fingerprint density at radius 2 is 1.85 bits per heavy atom. The van der Waals surface area contributed by atoms with Crippen LogP contribution in [0.1, 0.15) is 6.92 Å². The van der Waals surface area contributed by atoms with Crippen molar-refractivity contribution in [1.29, 1.82) is 0 Å². The van der Waals surface area contributed by atoms with E-state index in [1.165, 1.54) is 24.3 Å². The van der Waals surface area contributed by atoms with Crippen LogP contribution in [0.3, 0.4) is 0 Å². The average molecular weight is 279 g/mol. The lowest BCUT2D eigenvalue weighted by atomic mass is 10.3. The van der Waals surface area contributed by atoms with Crippen molar-refractivity contribution in [2.75, 3.05) is 32.7 Å². The van der Waals surface area contributed by atoms with Crippen LogP contribution in [0, 0.1) is 10.1 Å². The molecule has 1 aliphatic heterocycles. The molecule has 1 aliphatic rings. The highest BCUT2D eigenvalue weighted by Gasteiger charge is 2.21. The van der Waals surface area contributed by atoms with Crippen LogP contribution < -0.4 is 4.74 Å². The van der Waals surface area contributed by atoms with Crippen LogP contribution in [0.5, 0.6) is 5.75 Å². The average Bonchev–Trinajstić information content (AvgIpc) is 2.48. The number of hydrogen-bond donors (Lipinski definition) is 0. The predicted molar refractivity (Wildman–Crippen MR) is 72.8 cm³/mol. The molecular formula is C13H17N3O4. The predicted octanol–water partition coefficient (Wildman–Crippen LogP) is 1.73. The molecule has 2 rings (SSSR count). The summed E-state index contributed by atoms with van der Waals surface area (Å²) in [6.07, 6.45) is -0.408. The van der Waals surface area contributed by atoms with Gasteiger partial charge in [-0.05, 0) is 18.7 Å². The molecule has 1 amide bonds. The van der Waals surface area contributed by atoms with E-state index in [0.717, 1.165) is 19.6 Å². The van der Waals surface area contributed by atoms with Gasteiger partial charge in [0.15, 0.2) is 0 Å². The van der Waals surface area contributed by atoms with Crippen molar-refractivity contribution in [3.63, 3.8) is 0 Å². The van der Waals surface area contributed by atoms with Crippen LogP contribution >= 0.6 is 0 Å². The number of rotatable bonds is 3. The van der Waals surface area contributed by atoms with Gasteiger partial charge in [-0.3, -0.25) is 10.1 Å². The summed E-state index contributed by atoms with van der Waals surface area (Å²) in [5.74, 6) is 0.318. The van der Waals surface area contributed by atoms with Crippen LogP contribution in [-0.4, -0.2) is 53.5 Å². The fourth-order valence-corrected chi connectivity index (χ4v) is 2.05. The van der Waals surface area contributed by atoms with Gasteiger partial charge in [0.1, 0.15) is 5.75 Å². The Morgan fingerprint density at radius 3 is 2.35 bits per heavy atom. The summed E-state index contributed by atoms with van der Waals surface area (Å²) >= 11 is 0. The lowest BCUT2D eigenvalue weighted by Gasteiger charge is -2.33. The fraction of sp³-hybridized carbons (Fsp3) is 0.462. The summed E-state index contributed by atoms with van der Waals surface area (Å²) in [6.45, 7) is 6.02. The lowest BCUT2D eigenvalue weighted by Crippen LogP contribution is -2.49. The van der Waals surface area contributed by atoms with E-state index in [1.807, 2.05) is 0 Å². The maximum absolute atomic E-state index is 11.9. The molecule has 0 unspecified atom stereocenters. The lowest BCUT2D eigenvalue weighted by molar-refractivity contribution is -0.384. The van der Waals surface area contributed by atoms with Crippen LogP contribution in [-0.2, 0) is 0 Å². The monoisotopic (exact) mass is 279 g/mol. The number of nitro benzene ring substituents is 1. The van der Waals surface area contributed by atoms with E-state index in [4.69, 9.17) is 4.74 Å². The molecule has 0 spiro atoms. The molecule has 0 aliphatic carbocycles. The van der Waals surface area contributed by atoms with Gasteiger partial charge in [-0.15, -0.1) is 0 Å². The third-order valence-corrected chi connectivity index (χ3v) is 3.33. The van der Waals surface area contributed by atoms with E-state index >= 15 is 0 Å². The second-order valence-corrected chi connectivity index (χ2v) is 4.54. The highest BCUT2D eigenvalue weighted by Crippen LogP contribution is 2.18. The first-order valence-corrected chi connectivity index (χ1v) is 6.53. The summed E-state index contributed by atoms with van der Waals surface area (Å²) in [5.41, 5.74) is -0.0265. The molecule has 0 radical (unpaired) electrons. The summed E-state index contributed by atoms with van der Waals surface area (Å²) in [6, 6.07) is 5.49. The molecule has 1 saturated heterocycles. The van der Waals surface area contributed by atoms with Crippen LogP contribution in [0.25, 0.3) is 0 Å².